The number of ether oxygens (including phenoxy) is 3. The molecule has 1 aliphatic heterocycles. The van der Waals surface area contributed by atoms with Gasteiger partial charge in [-0.3, -0.25) is 4.57 Å². The van der Waals surface area contributed by atoms with Crippen molar-refractivity contribution in [1.29, 1.82) is 0 Å². The van der Waals surface area contributed by atoms with Crippen LogP contribution in [-0.2, 0) is 30.3 Å². The number of hydrogen-bond acceptors (Lipinski definition) is 9. The molecule has 0 spiro atoms. The molecule has 3 atom stereocenters. The molecule has 3 N–H and O–H groups in total. The molecule has 0 saturated carbocycles. The standard InChI is InChI=1S/C16H19F2N3O7/c1-8(2)14(24)27-7-12(22)26-6-9-13(23)16(17,18)10(28-9)5-21-4-3-11(19)20-15(21)25/h3-4,9-10,13,23H,1,5-7H2,2H3,(H2,19,20,25)/t9-,10+,13-/m1/s1. The molecular weight excluding hydrogens is 384 g/mol. The summed E-state index contributed by atoms with van der Waals surface area (Å²) in [6, 6.07) is 1.25. The van der Waals surface area contributed by atoms with Crippen LogP contribution in [0.15, 0.2) is 29.2 Å². The third-order valence-corrected chi connectivity index (χ3v) is 3.85. The van der Waals surface area contributed by atoms with Crippen molar-refractivity contribution in [1.82, 2.24) is 9.55 Å². The highest BCUT2D eigenvalue weighted by molar-refractivity contribution is 5.88. The predicted molar refractivity (Wildman–Crippen MR) is 89.3 cm³/mol. The van der Waals surface area contributed by atoms with Crippen LogP contribution in [0.2, 0.25) is 0 Å². The van der Waals surface area contributed by atoms with E-state index in [1.807, 2.05) is 0 Å². The lowest BCUT2D eigenvalue weighted by atomic mass is 10.1. The molecule has 2 rings (SSSR count). The van der Waals surface area contributed by atoms with E-state index in [-0.39, 0.29) is 11.4 Å². The van der Waals surface area contributed by atoms with Crippen molar-refractivity contribution < 1.29 is 37.7 Å². The molecule has 1 aromatic heterocycles. The number of nitrogens with two attached hydrogens (primary N) is 1. The van der Waals surface area contributed by atoms with Gasteiger partial charge >= 0.3 is 23.6 Å². The van der Waals surface area contributed by atoms with Crippen LogP contribution in [-0.4, -0.2) is 64.0 Å². The fraction of sp³-hybridized carbons (Fsp3) is 0.500. The topological polar surface area (TPSA) is 143 Å². The summed E-state index contributed by atoms with van der Waals surface area (Å²) in [6.45, 7) is 2.65. The van der Waals surface area contributed by atoms with Gasteiger partial charge in [0, 0.05) is 11.8 Å². The number of aliphatic hydroxyl groups excluding tert-OH is 1. The number of carbonyl (C=O) groups is 2. The molecule has 0 radical (unpaired) electrons. The van der Waals surface area contributed by atoms with Crippen LogP contribution >= 0.6 is 0 Å². The first-order chi connectivity index (χ1) is 13.0. The average Bonchev–Trinajstić information content (AvgIpc) is 2.83. The maximum absolute atomic E-state index is 14.3. The van der Waals surface area contributed by atoms with Crippen LogP contribution in [0.25, 0.3) is 0 Å². The molecule has 0 unspecified atom stereocenters. The zero-order valence-corrected chi connectivity index (χ0v) is 14.8. The number of halogens is 2. The lowest BCUT2D eigenvalue weighted by Crippen LogP contribution is -2.43. The van der Waals surface area contributed by atoms with Gasteiger partial charge in [-0.05, 0) is 13.0 Å². The Hall–Kier alpha value is -2.86. The summed E-state index contributed by atoms with van der Waals surface area (Å²) in [6.07, 6.45) is -4.52. The second-order valence-corrected chi connectivity index (χ2v) is 6.11. The summed E-state index contributed by atoms with van der Waals surface area (Å²) in [5.41, 5.74) is 4.54. The van der Waals surface area contributed by atoms with Gasteiger partial charge in [0.1, 0.15) is 30.7 Å². The van der Waals surface area contributed by atoms with E-state index in [1.165, 1.54) is 19.2 Å². The maximum Gasteiger partial charge on any atom is 0.349 e. The minimum atomic E-state index is -3.72. The zero-order valence-electron chi connectivity index (χ0n) is 14.8. The Bertz CT molecular complexity index is 827. The molecule has 154 valence electrons. The van der Waals surface area contributed by atoms with Crippen molar-refractivity contribution in [3.63, 3.8) is 0 Å². The minimum Gasteiger partial charge on any atom is -0.460 e. The molecule has 0 aliphatic carbocycles. The van der Waals surface area contributed by atoms with Crippen molar-refractivity contribution in [3.05, 3.63) is 34.9 Å². The first kappa shape index (κ1) is 21.4. The van der Waals surface area contributed by atoms with Gasteiger partial charge in [0.15, 0.2) is 6.61 Å². The van der Waals surface area contributed by atoms with Crippen molar-refractivity contribution >= 4 is 17.8 Å². The Morgan fingerprint density at radius 2 is 2.14 bits per heavy atom. The molecule has 0 bridgehead atoms. The van der Waals surface area contributed by atoms with Gasteiger partial charge in [0.2, 0.25) is 0 Å². The largest absolute Gasteiger partial charge is 0.460 e. The lowest BCUT2D eigenvalue weighted by Gasteiger charge is -2.20. The van der Waals surface area contributed by atoms with E-state index < -0.39 is 61.6 Å². The van der Waals surface area contributed by atoms with E-state index in [0.717, 1.165) is 4.57 Å². The van der Waals surface area contributed by atoms with Crippen molar-refractivity contribution in [2.24, 2.45) is 0 Å². The van der Waals surface area contributed by atoms with Gasteiger partial charge in [0.05, 0.1) is 6.54 Å². The summed E-state index contributed by atoms with van der Waals surface area (Å²) < 4.78 is 43.7. The van der Waals surface area contributed by atoms with Crippen molar-refractivity contribution in [2.45, 2.75) is 37.7 Å². The molecule has 1 saturated heterocycles. The second kappa shape index (κ2) is 8.44. The van der Waals surface area contributed by atoms with Gasteiger partial charge in [-0.2, -0.15) is 4.98 Å². The number of nitrogens with zero attached hydrogens (tertiary/aromatic N) is 2. The molecule has 12 heteroatoms. The highest BCUT2D eigenvalue weighted by Gasteiger charge is 2.58. The Morgan fingerprint density at radius 3 is 2.75 bits per heavy atom. The number of esters is 2. The number of anilines is 1. The number of nitrogen functional groups attached to an aromatic ring is 1. The predicted octanol–water partition coefficient (Wildman–Crippen LogP) is -0.748. The van der Waals surface area contributed by atoms with Gasteiger partial charge in [0.25, 0.3) is 0 Å². The number of aromatic nitrogens is 2. The maximum atomic E-state index is 14.3. The number of carbonyl (C=O) groups excluding carboxylic acids is 2. The third-order valence-electron chi connectivity index (χ3n) is 3.85. The molecule has 2 heterocycles. The molecule has 1 fully saturated rings. The van der Waals surface area contributed by atoms with Gasteiger partial charge in [-0.15, -0.1) is 0 Å². The molecule has 1 aliphatic rings. The average molecular weight is 403 g/mol. The summed E-state index contributed by atoms with van der Waals surface area (Å²) in [4.78, 5) is 37.8. The molecule has 28 heavy (non-hydrogen) atoms. The van der Waals surface area contributed by atoms with Gasteiger partial charge in [-0.1, -0.05) is 6.58 Å². The quantitative estimate of drug-likeness (QED) is 0.444. The Labute approximate surface area is 157 Å². The van der Waals surface area contributed by atoms with E-state index in [9.17, 15) is 28.3 Å². The van der Waals surface area contributed by atoms with E-state index in [4.69, 9.17) is 15.2 Å². The summed E-state index contributed by atoms with van der Waals surface area (Å²) in [5.74, 6) is -5.62. The van der Waals surface area contributed by atoms with Crippen LogP contribution in [0.4, 0.5) is 14.6 Å². The molecule has 1 aromatic rings. The van der Waals surface area contributed by atoms with Gasteiger partial charge < -0.3 is 25.1 Å². The van der Waals surface area contributed by atoms with E-state index in [0.29, 0.717) is 0 Å². The number of hydrogen-bond donors (Lipinski definition) is 2. The monoisotopic (exact) mass is 403 g/mol. The van der Waals surface area contributed by atoms with E-state index in [1.54, 1.807) is 0 Å². The van der Waals surface area contributed by atoms with Crippen molar-refractivity contribution in [3.8, 4) is 0 Å². The van der Waals surface area contributed by atoms with Crippen LogP contribution in [0, 0.1) is 0 Å². The second-order valence-electron chi connectivity index (χ2n) is 6.11. The van der Waals surface area contributed by atoms with Gasteiger partial charge in [-0.25, -0.2) is 23.2 Å². The normalized spacial score (nSPS) is 23.2. The molecular formula is C16H19F2N3O7. The number of alkyl halides is 2. The lowest BCUT2D eigenvalue weighted by molar-refractivity contribution is -0.160. The fourth-order valence-corrected chi connectivity index (χ4v) is 2.33. The van der Waals surface area contributed by atoms with Crippen LogP contribution in [0.3, 0.4) is 0 Å². The Balaban J connectivity index is 1.94. The Kier molecular flexibility index (Phi) is 6.46. The van der Waals surface area contributed by atoms with Crippen LogP contribution in [0.5, 0.6) is 0 Å². The van der Waals surface area contributed by atoms with Crippen LogP contribution in [0.1, 0.15) is 6.92 Å². The first-order valence-electron chi connectivity index (χ1n) is 8.05. The Morgan fingerprint density at radius 1 is 1.46 bits per heavy atom. The first-order valence-corrected chi connectivity index (χ1v) is 8.05. The SMILES string of the molecule is C=C(C)C(=O)OCC(=O)OC[C@H]1O[C@@H](Cn2ccc(N)nc2=O)C(F)(F)[C@@H]1O. The van der Waals surface area contributed by atoms with Crippen molar-refractivity contribution in [2.75, 3.05) is 18.9 Å². The fourth-order valence-electron chi connectivity index (χ4n) is 2.33. The summed E-state index contributed by atoms with van der Waals surface area (Å²) >= 11 is 0. The zero-order chi connectivity index (χ0) is 21.1. The highest BCUT2D eigenvalue weighted by atomic mass is 19.3. The molecule has 10 nitrogen and oxygen atoms in total. The van der Waals surface area contributed by atoms with E-state index in [2.05, 4.69) is 16.3 Å². The third kappa shape index (κ3) is 4.89. The minimum absolute atomic E-state index is 0.0669. The highest BCUT2D eigenvalue weighted by Crippen LogP contribution is 2.37. The summed E-state index contributed by atoms with van der Waals surface area (Å²) in [7, 11) is 0. The smallest absolute Gasteiger partial charge is 0.349 e. The van der Waals surface area contributed by atoms with Crippen LogP contribution < -0.4 is 11.4 Å². The summed E-state index contributed by atoms with van der Waals surface area (Å²) in [5, 5.41) is 9.80. The number of aliphatic hydroxyl groups is 1. The number of rotatable bonds is 7. The molecule has 0 aromatic carbocycles. The molecule has 0 amide bonds. The van der Waals surface area contributed by atoms with E-state index >= 15 is 0 Å².